The second kappa shape index (κ2) is 9.67. The van der Waals surface area contributed by atoms with E-state index in [9.17, 15) is 22.4 Å². The fourth-order valence-corrected chi connectivity index (χ4v) is 4.20. The van der Waals surface area contributed by atoms with Crippen LogP contribution in [0.2, 0.25) is 0 Å². The minimum absolute atomic E-state index is 0.0248. The topological polar surface area (TPSA) is 95.6 Å². The molecule has 0 saturated carbocycles. The van der Waals surface area contributed by atoms with Gasteiger partial charge in [-0.25, -0.2) is 17.5 Å². The van der Waals surface area contributed by atoms with Crippen molar-refractivity contribution in [1.29, 1.82) is 0 Å². The summed E-state index contributed by atoms with van der Waals surface area (Å²) >= 11 is 0. The second-order valence-electron chi connectivity index (χ2n) is 7.75. The number of benzene rings is 1. The molecule has 2 N–H and O–H groups in total. The molecule has 1 aliphatic heterocycles. The average molecular weight is 428 g/mol. The first-order valence-electron chi connectivity index (χ1n) is 9.95. The van der Waals surface area contributed by atoms with Crippen molar-refractivity contribution in [3.05, 3.63) is 29.6 Å². The molecule has 2 amide bonds. The number of carbonyl (C=O) groups excluding carboxylic acids is 2. The zero-order valence-corrected chi connectivity index (χ0v) is 18.2. The van der Waals surface area contributed by atoms with Crippen molar-refractivity contribution in [2.24, 2.45) is 11.8 Å². The third kappa shape index (κ3) is 5.76. The largest absolute Gasteiger partial charge is 0.353 e. The van der Waals surface area contributed by atoms with Crippen LogP contribution in [-0.4, -0.2) is 50.8 Å². The third-order valence-corrected chi connectivity index (χ3v) is 6.88. The number of halogens is 1. The van der Waals surface area contributed by atoms with E-state index in [4.69, 9.17) is 0 Å². The Morgan fingerprint density at radius 3 is 2.38 bits per heavy atom. The van der Waals surface area contributed by atoms with Gasteiger partial charge < -0.3 is 10.2 Å². The Kier molecular flexibility index (Phi) is 7.76. The Hall–Kier alpha value is -2.00. The molecule has 1 aromatic carbocycles. The first-order chi connectivity index (χ1) is 13.6. The van der Waals surface area contributed by atoms with Gasteiger partial charge in [-0.15, -0.1) is 0 Å². The number of nitrogens with zero attached hydrogens (tertiary/aromatic N) is 1. The maximum Gasteiger partial charge on any atom is 0.256 e. The molecule has 0 aromatic heterocycles. The highest BCUT2D eigenvalue weighted by Crippen LogP contribution is 2.22. The van der Waals surface area contributed by atoms with Crippen LogP contribution in [0.5, 0.6) is 0 Å². The van der Waals surface area contributed by atoms with E-state index in [1.165, 1.54) is 4.90 Å². The molecule has 162 valence electrons. The fourth-order valence-electron chi connectivity index (χ4n) is 3.13. The van der Waals surface area contributed by atoms with Crippen molar-refractivity contribution in [2.45, 2.75) is 51.5 Å². The third-order valence-electron chi connectivity index (χ3n) is 5.34. The monoisotopic (exact) mass is 427 g/mol. The summed E-state index contributed by atoms with van der Waals surface area (Å²) < 4.78 is 40.9. The van der Waals surface area contributed by atoms with E-state index in [2.05, 4.69) is 10.0 Å². The summed E-state index contributed by atoms with van der Waals surface area (Å²) in [7, 11) is -3.79. The van der Waals surface area contributed by atoms with Crippen LogP contribution in [0.15, 0.2) is 23.1 Å². The lowest BCUT2D eigenvalue weighted by molar-refractivity contribution is -0.127. The van der Waals surface area contributed by atoms with E-state index in [0.29, 0.717) is 31.8 Å². The van der Waals surface area contributed by atoms with E-state index in [1.807, 2.05) is 20.8 Å². The van der Waals surface area contributed by atoms with Gasteiger partial charge in [0.15, 0.2) is 0 Å². The maximum atomic E-state index is 14.2. The lowest BCUT2D eigenvalue weighted by atomic mass is 9.94. The normalized spacial score (nSPS) is 16.7. The molecule has 1 fully saturated rings. The van der Waals surface area contributed by atoms with Gasteiger partial charge in [0, 0.05) is 31.6 Å². The summed E-state index contributed by atoms with van der Waals surface area (Å²) in [6.45, 7) is 8.48. The summed E-state index contributed by atoms with van der Waals surface area (Å²) in [5, 5.41) is 2.99. The summed E-state index contributed by atoms with van der Waals surface area (Å²) in [4.78, 5) is 26.5. The summed E-state index contributed by atoms with van der Waals surface area (Å²) in [6, 6.07) is 3.26. The molecule has 9 heteroatoms. The highest BCUT2D eigenvalue weighted by Gasteiger charge is 2.30. The second-order valence-corrected chi connectivity index (χ2v) is 9.52. The van der Waals surface area contributed by atoms with Crippen molar-refractivity contribution < 1.29 is 22.4 Å². The van der Waals surface area contributed by atoms with E-state index in [0.717, 1.165) is 18.2 Å². The molecule has 1 aromatic rings. The number of rotatable bonds is 7. The van der Waals surface area contributed by atoms with Crippen LogP contribution in [-0.2, 0) is 14.8 Å². The van der Waals surface area contributed by atoms with Gasteiger partial charge >= 0.3 is 0 Å². The highest BCUT2D eigenvalue weighted by atomic mass is 32.2. The van der Waals surface area contributed by atoms with Crippen molar-refractivity contribution in [3.8, 4) is 0 Å². The maximum absolute atomic E-state index is 14.2. The van der Waals surface area contributed by atoms with E-state index < -0.39 is 21.7 Å². The van der Waals surface area contributed by atoms with Gasteiger partial charge in [-0.1, -0.05) is 20.8 Å². The fraction of sp³-hybridized carbons (Fsp3) is 0.600. The Balaban J connectivity index is 2.07. The van der Waals surface area contributed by atoms with Gasteiger partial charge in [0.05, 0.1) is 10.5 Å². The van der Waals surface area contributed by atoms with Crippen LogP contribution in [0, 0.1) is 17.7 Å². The molecule has 1 atom stereocenters. The minimum atomic E-state index is -3.79. The minimum Gasteiger partial charge on any atom is -0.353 e. The standard InChI is InChI=1S/C20H30FN3O4S/c1-5-22-29(27,28)16-6-7-18(21)17(12-16)20(26)24-10-8-15(9-11-24)19(25)23-14(4)13(2)3/h6-7,12-15,22H,5,8-11H2,1-4H3,(H,23,25). The molecular weight excluding hydrogens is 397 g/mol. The van der Waals surface area contributed by atoms with Gasteiger partial charge in [-0.2, -0.15) is 0 Å². The summed E-state index contributed by atoms with van der Waals surface area (Å²) in [6.07, 6.45) is 0.971. The zero-order chi connectivity index (χ0) is 21.8. The van der Waals surface area contributed by atoms with Crippen molar-refractivity contribution in [2.75, 3.05) is 19.6 Å². The van der Waals surface area contributed by atoms with Crippen LogP contribution in [0.25, 0.3) is 0 Å². The predicted molar refractivity (Wildman–Crippen MR) is 108 cm³/mol. The van der Waals surface area contributed by atoms with Crippen LogP contribution in [0.3, 0.4) is 0 Å². The Morgan fingerprint density at radius 2 is 1.83 bits per heavy atom. The molecule has 1 saturated heterocycles. The van der Waals surface area contributed by atoms with Gasteiger partial charge in [0.2, 0.25) is 15.9 Å². The van der Waals surface area contributed by atoms with E-state index in [-0.39, 0.29) is 34.9 Å². The zero-order valence-electron chi connectivity index (χ0n) is 17.4. The summed E-state index contributed by atoms with van der Waals surface area (Å²) in [5.74, 6) is -1.22. The number of amides is 2. The Morgan fingerprint density at radius 1 is 1.21 bits per heavy atom. The number of hydrogen-bond acceptors (Lipinski definition) is 4. The average Bonchev–Trinajstić information content (AvgIpc) is 2.67. The first-order valence-corrected chi connectivity index (χ1v) is 11.4. The van der Waals surface area contributed by atoms with Crippen molar-refractivity contribution in [3.63, 3.8) is 0 Å². The van der Waals surface area contributed by atoms with E-state index in [1.54, 1.807) is 6.92 Å². The van der Waals surface area contributed by atoms with Crippen molar-refractivity contribution in [1.82, 2.24) is 14.9 Å². The lowest BCUT2D eigenvalue weighted by Gasteiger charge is -2.32. The van der Waals surface area contributed by atoms with Crippen LogP contribution >= 0.6 is 0 Å². The number of sulfonamides is 1. The van der Waals surface area contributed by atoms with Crippen LogP contribution in [0.4, 0.5) is 4.39 Å². The number of likely N-dealkylation sites (tertiary alicyclic amines) is 1. The van der Waals surface area contributed by atoms with Gasteiger partial charge in [-0.05, 0) is 43.9 Å². The molecule has 0 aliphatic carbocycles. The molecule has 1 aliphatic rings. The quantitative estimate of drug-likeness (QED) is 0.697. The molecular formula is C20H30FN3O4S. The number of nitrogens with one attached hydrogen (secondary N) is 2. The molecule has 1 unspecified atom stereocenters. The number of piperidine rings is 1. The Bertz CT molecular complexity index is 849. The molecule has 2 rings (SSSR count). The number of hydrogen-bond donors (Lipinski definition) is 2. The Labute approximate surface area is 172 Å². The molecule has 7 nitrogen and oxygen atoms in total. The molecule has 29 heavy (non-hydrogen) atoms. The first kappa shape index (κ1) is 23.3. The SMILES string of the molecule is CCNS(=O)(=O)c1ccc(F)c(C(=O)N2CCC(C(=O)NC(C)C(C)C)CC2)c1. The van der Waals surface area contributed by atoms with Crippen LogP contribution < -0.4 is 10.0 Å². The summed E-state index contributed by atoms with van der Waals surface area (Å²) in [5.41, 5.74) is -0.277. The van der Waals surface area contributed by atoms with Gasteiger partial charge in [0.25, 0.3) is 5.91 Å². The molecule has 0 radical (unpaired) electrons. The predicted octanol–water partition coefficient (Wildman–Crippen LogP) is 2.14. The number of carbonyl (C=O) groups is 2. The van der Waals surface area contributed by atoms with Crippen molar-refractivity contribution >= 4 is 21.8 Å². The smallest absolute Gasteiger partial charge is 0.256 e. The molecule has 1 heterocycles. The molecule has 0 spiro atoms. The van der Waals surface area contributed by atoms with Gasteiger partial charge in [0.1, 0.15) is 5.82 Å². The lowest BCUT2D eigenvalue weighted by Crippen LogP contribution is -2.46. The van der Waals surface area contributed by atoms with Crippen LogP contribution in [0.1, 0.15) is 50.9 Å². The van der Waals surface area contributed by atoms with Gasteiger partial charge in [-0.3, -0.25) is 9.59 Å². The highest BCUT2D eigenvalue weighted by molar-refractivity contribution is 7.89. The van der Waals surface area contributed by atoms with E-state index >= 15 is 0 Å². The molecule has 0 bridgehead atoms.